The lowest BCUT2D eigenvalue weighted by atomic mass is 9.91. The number of halogens is 2. The second-order valence-corrected chi connectivity index (χ2v) is 11.0. The molecule has 9 nitrogen and oxygen atoms in total. The summed E-state index contributed by atoms with van der Waals surface area (Å²) in [7, 11) is 0. The molecule has 0 bridgehead atoms. The van der Waals surface area contributed by atoms with Gasteiger partial charge in [-0.15, -0.1) is 0 Å². The molecule has 11 heteroatoms. The smallest absolute Gasteiger partial charge is 0.417 e. The number of rotatable bonds is 8. The second kappa shape index (κ2) is 13.8. The summed E-state index contributed by atoms with van der Waals surface area (Å²) in [6.07, 6.45) is -5.84. The van der Waals surface area contributed by atoms with Crippen molar-refractivity contribution in [2.75, 3.05) is 19.8 Å². The number of cyclic esters (lactones) is 1. The van der Waals surface area contributed by atoms with E-state index in [-0.39, 0.29) is 25.6 Å². The molecule has 0 aliphatic carbocycles. The van der Waals surface area contributed by atoms with Crippen molar-refractivity contribution in [3.63, 3.8) is 0 Å². The first-order chi connectivity index (χ1) is 17.6. The van der Waals surface area contributed by atoms with E-state index in [1.165, 1.54) is 0 Å². The SMILES string of the molecule is C[C@@H]1OC(=O)[C@@H](CC(C)(C)OC(=O)NC(=O)OC(C)(C)C)COC[C@H](Cc2ccccc2)[C@H]1OCC(F)F. The van der Waals surface area contributed by atoms with E-state index >= 15 is 0 Å². The number of ether oxygens (including phenoxy) is 5. The normalized spacial score (nSPS) is 23.0. The maximum Gasteiger partial charge on any atom is 0.417 e. The second-order valence-electron chi connectivity index (χ2n) is 11.0. The van der Waals surface area contributed by atoms with Crippen LogP contribution in [-0.2, 0) is 34.9 Å². The third kappa shape index (κ3) is 11.3. The molecule has 1 aliphatic rings. The Morgan fingerprint density at radius 2 is 1.68 bits per heavy atom. The Morgan fingerprint density at radius 3 is 2.29 bits per heavy atom. The van der Waals surface area contributed by atoms with E-state index < -0.39 is 60.5 Å². The lowest BCUT2D eigenvalue weighted by molar-refractivity contribution is -0.166. The molecule has 38 heavy (non-hydrogen) atoms. The van der Waals surface area contributed by atoms with Gasteiger partial charge < -0.3 is 23.7 Å². The van der Waals surface area contributed by atoms with Crippen LogP contribution in [0, 0.1) is 11.8 Å². The zero-order valence-electron chi connectivity index (χ0n) is 22.8. The van der Waals surface area contributed by atoms with Crippen molar-refractivity contribution in [3.05, 3.63) is 35.9 Å². The van der Waals surface area contributed by atoms with Gasteiger partial charge in [0.15, 0.2) is 0 Å². The highest BCUT2D eigenvalue weighted by Crippen LogP contribution is 2.28. The molecule has 1 aliphatic heterocycles. The standard InChI is InChI=1S/C27H39F2NO8/c1-17-22(35-16-21(28)29)19(12-18-10-8-7-9-11-18)14-34-15-20(23(31)36-17)13-27(5,6)38-25(33)30-24(32)37-26(2,3)4/h7-11,17,19-22H,12-16H2,1-6H3,(H,30,32,33)/t17-,19-,20-,22-/m0/s1. The first-order valence-corrected chi connectivity index (χ1v) is 12.6. The van der Waals surface area contributed by atoms with Crippen LogP contribution in [0.3, 0.4) is 0 Å². The van der Waals surface area contributed by atoms with E-state index in [0.29, 0.717) is 6.42 Å². The largest absolute Gasteiger partial charge is 0.460 e. The van der Waals surface area contributed by atoms with Crippen LogP contribution >= 0.6 is 0 Å². The fourth-order valence-electron chi connectivity index (χ4n) is 4.24. The number of hydrogen-bond acceptors (Lipinski definition) is 8. The molecule has 1 aromatic rings. The number of benzene rings is 1. The van der Waals surface area contributed by atoms with E-state index in [1.807, 2.05) is 35.6 Å². The molecule has 4 atom stereocenters. The topological polar surface area (TPSA) is 109 Å². The van der Waals surface area contributed by atoms with Crippen LogP contribution < -0.4 is 5.32 Å². The van der Waals surface area contributed by atoms with Gasteiger partial charge in [-0.25, -0.2) is 23.7 Å². The fourth-order valence-corrected chi connectivity index (χ4v) is 4.24. The Bertz CT molecular complexity index is 919. The van der Waals surface area contributed by atoms with Gasteiger partial charge in [0, 0.05) is 12.3 Å². The molecule has 0 unspecified atom stereocenters. The van der Waals surface area contributed by atoms with Crippen LogP contribution in [0.1, 0.15) is 53.5 Å². The van der Waals surface area contributed by atoms with Crippen LogP contribution in [0.5, 0.6) is 0 Å². The predicted molar refractivity (Wildman–Crippen MR) is 134 cm³/mol. The van der Waals surface area contributed by atoms with Crippen LogP contribution in [0.4, 0.5) is 18.4 Å². The lowest BCUT2D eigenvalue weighted by Crippen LogP contribution is -2.43. The number of carbonyl (C=O) groups is 3. The van der Waals surface area contributed by atoms with Gasteiger partial charge in [-0.2, -0.15) is 0 Å². The molecule has 1 aromatic carbocycles. The molecule has 214 valence electrons. The molecule has 1 fully saturated rings. The van der Waals surface area contributed by atoms with Gasteiger partial charge in [-0.05, 0) is 53.5 Å². The van der Waals surface area contributed by atoms with Crippen LogP contribution in [-0.4, -0.2) is 67.8 Å². The number of alkyl carbamates (subject to hydrolysis) is 2. The molecule has 0 spiro atoms. The summed E-state index contributed by atoms with van der Waals surface area (Å²) in [6, 6.07) is 9.46. The summed E-state index contributed by atoms with van der Waals surface area (Å²) in [4.78, 5) is 37.1. The highest BCUT2D eigenvalue weighted by Gasteiger charge is 2.38. The average Bonchev–Trinajstić information content (AvgIpc) is 2.80. The minimum atomic E-state index is -2.68. The maximum absolute atomic E-state index is 13.0. The third-order valence-corrected chi connectivity index (χ3v) is 5.68. The Kier molecular flexibility index (Phi) is 11.4. The van der Waals surface area contributed by atoms with E-state index in [1.54, 1.807) is 41.5 Å². The predicted octanol–water partition coefficient (Wildman–Crippen LogP) is 4.90. The number of esters is 1. The molecule has 2 rings (SSSR count). The lowest BCUT2D eigenvalue weighted by Gasteiger charge is -2.31. The zero-order valence-corrected chi connectivity index (χ0v) is 22.8. The van der Waals surface area contributed by atoms with Crippen LogP contribution in [0.15, 0.2) is 30.3 Å². The van der Waals surface area contributed by atoms with Crippen molar-refractivity contribution in [1.29, 1.82) is 0 Å². The third-order valence-electron chi connectivity index (χ3n) is 5.68. The Morgan fingerprint density at radius 1 is 1.05 bits per heavy atom. The molecule has 1 heterocycles. The number of amides is 2. The first kappa shape index (κ1) is 31.4. The molecule has 0 saturated carbocycles. The first-order valence-electron chi connectivity index (χ1n) is 12.6. The van der Waals surface area contributed by atoms with Crippen molar-refractivity contribution >= 4 is 18.2 Å². The highest BCUT2D eigenvalue weighted by molar-refractivity contribution is 5.87. The monoisotopic (exact) mass is 543 g/mol. The fraction of sp³-hybridized carbons (Fsp3) is 0.667. The van der Waals surface area contributed by atoms with Gasteiger partial charge >= 0.3 is 18.2 Å². The van der Waals surface area contributed by atoms with E-state index in [2.05, 4.69) is 0 Å². The minimum Gasteiger partial charge on any atom is -0.460 e. The summed E-state index contributed by atoms with van der Waals surface area (Å²) in [5.41, 5.74) is -1.03. The van der Waals surface area contributed by atoms with E-state index in [9.17, 15) is 23.2 Å². The summed E-state index contributed by atoms with van der Waals surface area (Å²) < 4.78 is 53.4. The van der Waals surface area contributed by atoms with E-state index in [4.69, 9.17) is 23.7 Å². The number of hydrogen-bond donors (Lipinski definition) is 1. The Balaban J connectivity index is 2.10. The number of carbonyl (C=O) groups excluding carboxylic acids is 3. The van der Waals surface area contributed by atoms with Crippen LogP contribution in [0.2, 0.25) is 0 Å². The summed E-state index contributed by atoms with van der Waals surface area (Å²) in [5.74, 6) is -1.82. The number of imide groups is 1. The number of alkyl halides is 2. The van der Waals surface area contributed by atoms with Gasteiger partial charge in [0.2, 0.25) is 0 Å². The Hall–Kier alpha value is -2.79. The van der Waals surface area contributed by atoms with Crippen molar-refractivity contribution in [3.8, 4) is 0 Å². The van der Waals surface area contributed by atoms with Crippen molar-refractivity contribution in [2.45, 2.75) is 84.2 Å². The maximum atomic E-state index is 13.0. The molecule has 2 amide bonds. The van der Waals surface area contributed by atoms with Crippen molar-refractivity contribution < 1.29 is 46.8 Å². The van der Waals surface area contributed by atoms with Gasteiger partial charge in [0.25, 0.3) is 6.43 Å². The molecule has 0 aromatic heterocycles. The van der Waals surface area contributed by atoms with E-state index in [0.717, 1.165) is 5.56 Å². The molecule has 1 saturated heterocycles. The molecule has 1 N–H and O–H groups in total. The van der Waals surface area contributed by atoms with Gasteiger partial charge in [0.05, 0.1) is 25.2 Å². The quantitative estimate of drug-likeness (QED) is 0.364. The molecular formula is C27H39F2NO8. The molecular weight excluding hydrogens is 504 g/mol. The van der Waals surface area contributed by atoms with Gasteiger partial charge in [-0.1, -0.05) is 30.3 Å². The zero-order chi connectivity index (χ0) is 28.5. The summed E-state index contributed by atoms with van der Waals surface area (Å²) >= 11 is 0. The average molecular weight is 544 g/mol. The summed E-state index contributed by atoms with van der Waals surface area (Å²) in [5, 5.41) is 1.99. The van der Waals surface area contributed by atoms with Gasteiger partial charge in [-0.3, -0.25) is 4.79 Å². The van der Waals surface area contributed by atoms with Gasteiger partial charge in [0.1, 0.15) is 23.9 Å². The minimum absolute atomic E-state index is 0.0200. The summed E-state index contributed by atoms with van der Waals surface area (Å²) in [6.45, 7) is 9.02. The van der Waals surface area contributed by atoms with Crippen molar-refractivity contribution in [1.82, 2.24) is 5.32 Å². The van der Waals surface area contributed by atoms with Crippen molar-refractivity contribution in [2.24, 2.45) is 11.8 Å². The number of nitrogens with one attached hydrogen (secondary N) is 1. The highest BCUT2D eigenvalue weighted by atomic mass is 19.3. The van der Waals surface area contributed by atoms with Crippen LogP contribution in [0.25, 0.3) is 0 Å². The molecule has 0 radical (unpaired) electrons. The Labute approximate surface area is 222 Å².